The number of rotatable bonds is 6. The fourth-order valence-corrected chi connectivity index (χ4v) is 2.43. The predicted molar refractivity (Wildman–Crippen MR) is 82.3 cm³/mol. The van der Waals surface area contributed by atoms with E-state index in [9.17, 15) is 4.39 Å². The van der Waals surface area contributed by atoms with E-state index in [-0.39, 0.29) is 17.6 Å². The average molecular weight is 309 g/mol. The standard InChI is InChI=1S/C16H18ClFN2O/c1-3-8-20-16(11-7-9-19-10-13(11)17)12-5-4-6-14(21-2)15(12)18/h4-7,9-10,16,20H,3,8H2,1-2H3. The van der Waals surface area contributed by atoms with E-state index in [1.165, 1.54) is 7.11 Å². The Kier molecular flexibility index (Phi) is 5.53. The molecule has 0 radical (unpaired) electrons. The highest BCUT2D eigenvalue weighted by Crippen LogP contribution is 2.32. The van der Waals surface area contributed by atoms with Gasteiger partial charge in [-0.15, -0.1) is 0 Å². The van der Waals surface area contributed by atoms with Crippen molar-refractivity contribution in [3.8, 4) is 5.75 Å². The quantitative estimate of drug-likeness (QED) is 0.876. The highest BCUT2D eigenvalue weighted by Gasteiger charge is 2.21. The third-order valence-corrected chi connectivity index (χ3v) is 3.55. The minimum absolute atomic E-state index is 0.223. The number of nitrogens with one attached hydrogen (secondary N) is 1. The maximum Gasteiger partial charge on any atom is 0.170 e. The van der Waals surface area contributed by atoms with Crippen LogP contribution in [0.15, 0.2) is 36.7 Å². The van der Waals surface area contributed by atoms with Crippen LogP contribution in [-0.4, -0.2) is 18.6 Å². The molecule has 1 atom stereocenters. The number of ether oxygens (including phenoxy) is 1. The first kappa shape index (κ1) is 15.7. The summed E-state index contributed by atoms with van der Waals surface area (Å²) in [7, 11) is 1.45. The third-order valence-electron chi connectivity index (χ3n) is 3.24. The van der Waals surface area contributed by atoms with E-state index >= 15 is 0 Å². The summed E-state index contributed by atoms with van der Waals surface area (Å²) in [6, 6.07) is 6.57. The Morgan fingerprint density at radius 3 is 2.81 bits per heavy atom. The van der Waals surface area contributed by atoms with E-state index in [1.54, 1.807) is 36.7 Å². The van der Waals surface area contributed by atoms with Gasteiger partial charge in [0, 0.05) is 18.0 Å². The summed E-state index contributed by atoms with van der Waals surface area (Å²) in [5.41, 5.74) is 1.31. The minimum atomic E-state index is -0.374. The zero-order chi connectivity index (χ0) is 15.2. The number of aromatic nitrogens is 1. The summed E-state index contributed by atoms with van der Waals surface area (Å²) in [6.45, 7) is 2.81. The lowest BCUT2D eigenvalue weighted by molar-refractivity contribution is 0.381. The van der Waals surface area contributed by atoms with Gasteiger partial charge in [-0.25, -0.2) is 4.39 Å². The molecular weight excluding hydrogens is 291 g/mol. The SMILES string of the molecule is CCCNC(c1ccncc1Cl)c1cccc(OC)c1F. The van der Waals surface area contributed by atoms with Crippen LogP contribution in [0.5, 0.6) is 5.75 Å². The number of pyridine rings is 1. The van der Waals surface area contributed by atoms with Crippen LogP contribution >= 0.6 is 11.6 Å². The Hall–Kier alpha value is -1.65. The van der Waals surface area contributed by atoms with E-state index in [2.05, 4.69) is 17.2 Å². The molecule has 0 saturated carbocycles. The second-order valence-corrected chi connectivity index (χ2v) is 5.06. The first-order chi connectivity index (χ1) is 10.2. The molecule has 0 spiro atoms. The molecule has 0 aliphatic heterocycles. The van der Waals surface area contributed by atoms with Crippen molar-refractivity contribution in [2.24, 2.45) is 0 Å². The van der Waals surface area contributed by atoms with Gasteiger partial charge in [-0.05, 0) is 30.7 Å². The van der Waals surface area contributed by atoms with Crippen LogP contribution in [0.4, 0.5) is 4.39 Å². The Balaban J connectivity index is 2.48. The summed E-state index contributed by atoms with van der Waals surface area (Å²) in [5, 5.41) is 3.83. The Labute approximate surface area is 129 Å². The summed E-state index contributed by atoms with van der Waals surface area (Å²) in [5.74, 6) is -0.151. The smallest absolute Gasteiger partial charge is 0.170 e. The maximum absolute atomic E-state index is 14.5. The molecule has 1 aromatic heterocycles. The third kappa shape index (κ3) is 3.52. The van der Waals surface area contributed by atoms with Gasteiger partial charge in [0.05, 0.1) is 18.2 Å². The molecule has 0 saturated heterocycles. The second kappa shape index (κ2) is 7.38. The van der Waals surface area contributed by atoms with Crippen LogP contribution in [0.2, 0.25) is 5.02 Å². The van der Waals surface area contributed by atoms with Gasteiger partial charge in [-0.3, -0.25) is 4.98 Å². The first-order valence-corrected chi connectivity index (χ1v) is 7.22. The van der Waals surface area contributed by atoms with Crippen LogP contribution in [0, 0.1) is 5.82 Å². The van der Waals surface area contributed by atoms with Gasteiger partial charge >= 0.3 is 0 Å². The zero-order valence-electron chi connectivity index (χ0n) is 12.1. The Morgan fingerprint density at radius 2 is 2.14 bits per heavy atom. The number of halogens is 2. The highest BCUT2D eigenvalue weighted by atomic mass is 35.5. The number of hydrogen-bond acceptors (Lipinski definition) is 3. The van der Waals surface area contributed by atoms with Crippen molar-refractivity contribution in [3.63, 3.8) is 0 Å². The Bertz CT molecular complexity index is 607. The van der Waals surface area contributed by atoms with E-state index in [0.29, 0.717) is 10.6 Å². The molecular formula is C16H18ClFN2O. The molecule has 2 aromatic rings. The van der Waals surface area contributed by atoms with Gasteiger partial charge in [0.2, 0.25) is 0 Å². The molecule has 1 aromatic carbocycles. The van der Waals surface area contributed by atoms with E-state index in [1.807, 2.05) is 0 Å². The van der Waals surface area contributed by atoms with Crippen LogP contribution in [-0.2, 0) is 0 Å². The maximum atomic E-state index is 14.5. The summed E-state index contributed by atoms with van der Waals surface area (Å²) >= 11 is 6.22. The van der Waals surface area contributed by atoms with Gasteiger partial charge < -0.3 is 10.1 Å². The van der Waals surface area contributed by atoms with E-state index in [4.69, 9.17) is 16.3 Å². The first-order valence-electron chi connectivity index (χ1n) is 6.84. The van der Waals surface area contributed by atoms with Crippen LogP contribution < -0.4 is 10.1 Å². The molecule has 0 amide bonds. The largest absolute Gasteiger partial charge is 0.494 e. The van der Waals surface area contributed by atoms with Crippen molar-refractivity contribution in [1.82, 2.24) is 10.3 Å². The van der Waals surface area contributed by atoms with Crippen LogP contribution in [0.1, 0.15) is 30.5 Å². The monoisotopic (exact) mass is 308 g/mol. The van der Waals surface area contributed by atoms with Gasteiger partial charge in [-0.1, -0.05) is 30.7 Å². The van der Waals surface area contributed by atoms with Gasteiger partial charge in [-0.2, -0.15) is 0 Å². The second-order valence-electron chi connectivity index (χ2n) is 4.65. The van der Waals surface area contributed by atoms with Gasteiger partial charge in [0.1, 0.15) is 0 Å². The predicted octanol–water partition coefficient (Wildman–Crippen LogP) is 3.97. The zero-order valence-corrected chi connectivity index (χ0v) is 12.8. The fourth-order valence-electron chi connectivity index (χ4n) is 2.20. The number of hydrogen-bond donors (Lipinski definition) is 1. The molecule has 21 heavy (non-hydrogen) atoms. The van der Waals surface area contributed by atoms with Crippen molar-refractivity contribution >= 4 is 11.6 Å². The molecule has 5 heteroatoms. The number of nitrogens with zero attached hydrogens (tertiary/aromatic N) is 1. The minimum Gasteiger partial charge on any atom is -0.494 e. The summed E-state index contributed by atoms with van der Waals surface area (Å²) in [6.07, 6.45) is 4.15. The van der Waals surface area contributed by atoms with Crippen molar-refractivity contribution < 1.29 is 9.13 Å². The number of benzene rings is 1. The van der Waals surface area contributed by atoms with Crippen molar-refractivity contribution in [3.05, 3.63) is 58.6 Å². The molecule has 2 rings (SSSR count). The molecule has 1 unspecified atom stereocenters. The molecule has 1 N–H and O–H groups in total. The molecule has 112 valence electrons. The average Bonchev–Trinajstić information content (AvgIpc) is 2.50. The van der Waals surface area contributed by atoms with Crippen LogP contribution in [0.3, 0.4) is 0 Å². The molecule has 1 heterocycles. The number of methoxy groups -OCH3 is 1. The molecule has 0 aliphatic rings. The van der Waals surface area contributed by atoms with Crippen molar-refractivity contribution in [2.75, 3.05) is 13.7 Å². The van der Waals surface area contributed by atoms with E-state index < -0.39 is 0 Å². The molecule has 3 nitrogen and oxygen atoms in total. The fraction of sp³-hybridized carbons (Fsp3) is 0.312. The van der Waals surface area contributed by atoms with Gasteiger partial charge in [0.25, 0.3) is 0 Å². The topological polar surface area (TPSA) is 34.2 Å². The molecule has 0 fully saturated rings. The molecule has 0 bridgehead atoms. The summed E-state index contributed by atoms with van der Waals surface area (Å²) < 4.78 is 19.6. The van der Waals surface area contributed by atoms with Crippen molar-refractivity contribution in [1.29, 1.82) is 0 Å². The summed E-state index contributed by atoms with van der Waals surface area (Å²) in [4.78, 5) is 3.98. The lowest BCUT2D eigenvalue weighted by Gasteiger charge is -2.21. The lowest BCUT2D eigenvalue weighted by Crippen LogP contribution is -2.24. The van der Waals surface area contributed by atoms with Crippen molar-refractivity contribution in [2.45, 2.75) is 19.4 Å². The molecule has 0 aliphatic carbocycles. The normalized spacial score (nSPS) is 12.2. The van der Waals surface area contributed by atoms with Gasteiger partial charge in [0.15, 0.2) is 11.6 Å². The lowest BCUT2D eigenvalue weighted by atomic mass is 9.98. The highest BCUT2D eigenvalue weighted by molar-refractivity contribution is 6.31. The van der Waals surface area contributed by atoms with Crippen LogP contribution in [0.25, 0.3) is 0 Å². The Morgan fingerprint density at radius 1 is 1.33 bits per heavy atom. The van der Waals surface area contributed by atoms with E-state index in [0.717, 1.165) is 18.5 Å².